The summed E-state index contributed by atoms with van der Waals surface area (Å²) in [6.07, 6.45) is 22.5. The van der Waals surface area contributed by atoms with Crippen molar-refractivity contribution in [3.05, 3.63) is 89.0 Å². The van der Waals surface area contributed by atoms with E-state index in [4.69, 9.17) is 9.47 Å². The minimum absolute atomic E-state index is 0.759. The second-order valence-corrected chi connectivity index (χ2v) is 11.5. The predicted octanol–water partition coefficient (Wildman–Crippen LogP) is 11.5. The van der Waals surface area contributed by atoms with Crippen molar-refractivity contribution in [3.63, 3.8) is 0 Å². The second-order valence-electron chi connectivity index (χ2n) is 11.5. The summed E-state index contributed by atoms with van der Waals surface area (Å²) in [5, 5.41) is 0. The molecule has 1 aliphatic carbocycles. The van der Waals surface area contributed by atoms with E-state index in [2.05, 4.69) is 87.2 Å². The smallest absolute Gasteiger partial charge is 0.126 e. The maximum atomic E-state index is 6.29. The monoisotopic (exact) mass is 550 g/mol. The molecule has 4 rings (SSSR count). The number of hydrogen-bond acceptors (Lipinski definition) is 2. The van der Waals surface area contributed by atoms with Crippen LogP contribution in [-0.4, -0.2) is 13.2 Å². The lowest BCUT2D eigenvalue weighted by atomic mass is 10.0. The van der Waals surface area contributed by atoms with Crippen LogP contribution in [0.4, 0.5) is 0 Å². The van der Waals surface area contributed by atoms with Crippen molar-refractivity contribution in [2.75, 3.05) is 13.2 Å². The van der Waals surface area contributed by atoms with Gasteiger partial charge in [-0.25, -0.2) is 0 Å². The van der Waals surface area contributed by atoms with Crippen LogP contribution >= 0.6 is 0 Å². The first-order valence-corrected chi connectivity index (χ1v) is 16.2. The second kappa shape index (κ2) is 16.9. The number of rotatable bonds is 19. The summed E-state index contributed by atoms with van der Waals surface area (Å²) in [7, 11) is 0. The zero-order valence-corrected chi connectivity index (χ0v) is 25.6. The third-order valence-electron chi connectivity index (χ3n) is 8.12. The minimum Gasteiger partial charge on any atom is -0.494 e. The SMILES string of the molecule is C=Cc1ccc2c(c1)Cc1cc(/C=C\c3cc(OCCCCCCCC)ccc3OCCCCCCCC)ccc1-2. The lowest BCUT2D eigenvalue weighted by Gasteiger charge is -2.12. The average Bonchev–Trinajstić information content (AvgIpc) is 3.36. The van der Waals surface area contributed by atoms with Crippen LogP contribution in [0.25, 0.3) is 29.4 Å². The topological polar surface area (TPSA) is 18.5 Å². The molecular weight excluding hydrogens is 500 g/mol. The number of hydrogen-bond donors (Lipinski definition) is 0. The van der Waals surface area contributed by atoms with E-state index in [9.17, 15) is 0 Å². The van der Waals surface area contributed by atoms with E-state index in [1.807, 2.05) is 6.08 Å². The van der Waals surface area contributed by atoms with Crippen molar-refractivity contribution in [2.24, 2.45) is 0 Å². The number of unbranched alkanes of at least 4 members (excludes halogenated alkanes) is 10. The highest BCUT2D eigenvalue weighted by Gasteiger charge is 2.18. The maximum Gasteiger partial charge on any atom is 0.126 e. The van der Waals surface area contributed by atoms with Crippen LogP contribution in [0, 0.1) is 0 Å². The molecule has 1 aliphatic rings. The van der Waals surface area contributed by atoms with Gasteiger partial charge in [-0.05, 0) is 70.8 Å². The summed E-state index contributed by atoms with van der Waals surface area (Å²) >= 11 is 0. The molecule has 0 saturated heterocycles. The molecule has 0 heterocycles. The van der Waals surface area contributed by atoms with Crippen LogP contribution in [0.1, 0.15) is 119 Å². The van der Waals surface area contributed by atoms with Crippen molar-refractivity contribution in [1.82, 2.24) is 0 Å². The third-order valence-corrected chi connectivity index (χ3v) is 8.12. The Morgan fingerprint density at radius 1 is 0.610 bits per heavy atom. The van der Waals surface area contributed by atoms with Gasteiger partial charge in [-0.15, -0.1) is 0 Å². The van der Waals surface area contributed by atoms with Crippen LogP contribution in [0.15, 0.2) is 61.2 Å². The summed E-state index contributed by atoms with van der Waals surface area (Å²) in [4.78, 5) is 0. The Hall–Kier alpha value is -3.26. The van der Waals surface area contributed by atoms with Gasteiger partial charge in [-0.3, -0.25) is 0 Å². The molecule has 2 heteroatoms. The van der Waals surface area contributed by atoms with Gasteiger partial charge in [-0.1, -0.05) is 139 Å². The van der Waals surface area contributed by atoms with Gasteiger partial charge in [0.05, 0.1) is 13.2 Å². The zero-order valence-electron chi connectivity index (χ0n) is 25.6. The quantitative estimate of drug-likeness (QED) is 0.0853. The van der Waals surface area contributed by atoms with Gasteiger partial charge in [0.1, 0.15) is 11.5 Å². The van der Waals surface area contributed by atoms with Crippen LogP contribution in [-0.2, 0) is 6.42 Å². The fourth-order valence-electron chi connectivity index (χ4n) is 5.68. The first-order chi connectivity index (χ1) is 20.2. The van der Waals surface area contributed by atoms with Crippen molar-refractivity contribution in [1.29, 1.82) is 0 Å². The molecule has 218 valence electrons. The van der Waals surface area contributed by atoms with Crippen molar-refractivity contribution >= 4 is 18.2 Å². The molecule has 2 nitrogen and oxygen atoms in total. The molecule has 0 aliphatic heterocycles. The van der Waals surface area contributed by atoms with Crippen molar-refractivity contribution < 1.29 is 9.47 Å². The highest BCUT2D eigenvalue weighted by Crippen LogP contribution is 2.38. The third kappa shape index (κ3) is 9.38. The molecule has 0 atom stereocenters. The molecule has 0 radical (unpaired) electrons. The Labute approximate surface area is 249 Å². The molecular formula is C39H50O2. The van der Waals surface area contributed by atoms with Gasteiger partial charge in [0, 0.05) is 5.56 Å². The van der Waals surface area contributed by atoms with Gasteiger partial charge in [-0.2, -0.15) is 0 Å². The van der Waals surface area contributed by atoms with Crippen molar-refractivity contribution in [3.8, 4) is 22.6 Å². The first-order valence-electron chi connectivity index (χ1n) is 16.2. The molecule has 0 aromatic heterocycles. The highest BCUT2D eigenvalue weighted by molar-refractivity contribution is 5.81. The summed E-state index contributed by atoms with van der Waals surface area (Å²) in [5.41, 5.74) is 8.95. The van der Waals surface area contributed by atoms with E-state index >= 15 is 0 Å². The fraction of sp³-hybridized carbons (Fsp3) is 0.436. The Balaban J connectivity index is 1.41. The molecule has 0 N–H and O–H groups in total. The van der Waals surface area contributed by atoms with E-state index < -0.39 is 0 Å². The van der Waals surface area contributed by atoms with Crippen LogP contribution in [0.5, 0.6) is 11.5 Å². The molecule has 0 saturated carbocycles. The highest BCUT2D eigenvalue weighted by atomic mass is 16.5. The van der Waals surface area contributed by atoms with Gasteiger partial charge in [0.2, 0.25) is 0 Å². The Kier molecular flexibility index (Phi) is 12.6. The summed E-state index contributed by atoms with van der Waals surface area (Å²) in [6, 6.07) is 19.8. The Bertz CT molecular complexity index is 1270. The molecule has 0 spiro atoms. The zero-order chi connectivity index (χ0) is 28.7. The number of fused-ring (bicyclic) bond motifs is 3. The van der Waals surface area contributed by atoms with E-state index in [1.54, 1.807) is 0 Å². The molecule has 0 bridgehead atoms. The summed E-state index contributed by atoms with van der Waals surface area (Å²) in [5.74, 6) is 1.86. The summed E-state index contributed by atoms with van der Waals surface area (Å²) in [6.45, 7) is 9.98. The lowest BCUT2D eigenvalue weighted by Crippen LogP contribution is -2.01. The number of benzene rings is 3. The molecule has 0 amide bonds. The van der Waals surface area contributed by atoms with E-state index in [0.717, 1.165) is 49.5 Å². The van der Waals surface area contributed by atoms with Crippen LogP contribution < -0.4 is 9.47 Å². The molecule has 41 heavy (non-hydrogen) atoms. The summed E-state index contributed by atoms with van der Waals surface area (Å²) < 4.78 is 12.5. The van der Waals surface area contributed by atoms with E-state index in [-0.39, 0.29) is 0 Å². The van der Waals surface area contributed by atoms with Gasteiger partial charge in [0.15, 0.2) is 0 Å². The fourth-order valence-corrected chi connectivity index (χ4v) is 5.68. The van der Waals surface area contributed by atoms with Crippen LogP contribution in [0.2, 0.25) is 0 Å². The number of ether oxygens (including phenoxy) is 2. The van der Waals surface area contributed by atoms with E-state index in [0.29, 0.717) is 0 Å². The predicted molar refractivity (Wildman–Crippen MR) is 178 cm³/mol. The molecule has 0 unspecified atom stereocenters. The van der Waals surface area contributed by atoms with Gasteiger partial charge in [0.25, 0.3) is 0 Å². The Morgan fingerprint density at radius 2 is 1.20 bits per heavy atom. The molecule has 3 aromatic carbocycles. The first kappa shape index (κ1) is 30.7. The maximum absolute atomic E-state index is 6.29. The van der Waals surface area contributed by atoms with Crippen LogP contribution in [0.3, 0.4) is 0 Å². The molecule has 3 aromatic rings. The Morgan fingerprint density at radius 3 is 1.85 bits per heavy atom. The molecule has 0 fully saturated rings. The van der Waals surface area contributed by atoms with E-state index in [1.165, 1.54) is 97.6 Å². The normalized spacial score (nSPS) is 12.0. The van der Waals surface area contributed by atoms with Gasteiger partial charge >= 0.3 is 0 Å². The lowest BCUT2D eigenvalue weighted by molar-refractivity contribution is 0.296. The largest absolute Gasteiger partial charge is 0.494 e. The van der Waals surface area contributed by atoms with Crippen molar-refractivity contribution in [2.45, 2.75) is 97.3 Å². The average molecular weight is 551 g/mol. The minimum atomic E-state index is 0.759. The van der Waals surface area contributed by atoms with Gasteiger partial charge < -0.3 is 9.47 Å². The standard InChI is InChI=1S/C39H50O2/c1-4-7-9-11-13-15-25-40-36-21-24-39(41-26-16-14-12-10-8-5-2)33(30-36)20-17-32-19-23-38-35(28-32)29-34-27-31(6-3)18-22-37(34)38/h6,17-24,27-28,30H,3-5,7-16,25-26,29H2,1-2H3/b20-17-.